The van der Waals surface area contributed by atoms with Gasteiger partial charge in [-0.15, -0.1) is 0 Å². The van der Waals surface area contributed by atoms with Crippen LogP contribution in [0, 0.1) is 11.3 Å². The quantitative estimate of drug-likeness (QED) is 0.458. The number of piperidine rings is 1. The van der Waals surface area contributed by atoms with Gasteiger partial charge in [-0.1, -0.05) is 67.4 Å². The number of amides is 1. The maximum absolute atomic E-state index is 12.8. The van der Waals surface area contributed by atoms with Crippen molar-refractivity contribution in [2.75, 3.05) is 25.0 Å². The van der Waals surface area contributed by atoms with Crippen LogP contribution in [0.2, 0.25) is 0 Å². The van der Waals surface area contributed by atoms with Crippen molar-refractivity contribution in [1.82, 2.24) is 10.2 Å². The monoisotopic (exact) mass is 478 g/mol. The Balaban J connectivity index is 1.34. The molecule has 5 heteroatoms. The minimum atomic E-state index is -0.240. The van der Waals surface area contributed by atoms with E-state index in [0.29, 0.717) is 5.56 Å². The molecule has 1 amide bonds. The maximum atomic E-state index is 12.8. The molecular formula is C31H34N4O. The molecule has 3 aromatic carbocycles. The van der Waals surface area contributed by atoms with Crippen molar-refractivity contribution in [3.8, 4) is 17.2 Å². The first-order valence-corrected chi connectivity index (χ1v) is 13.1. The molecule has 1 aliphatic heterocycles. The van der Waals surface area contributed by atoms with Gasteiger partial charge in [0.05, 0.1) is 18.2 Å². The second-order valence-corrected chi connectivity index (χ2v) is 10.1. The number of likely N-dealkylation sites (tertiary alicyclic amines) is 1. The highest BCUT2D eigenvalue weighted by molar-refractivity contribution is 5.92. The number of carbonyl (C=O) groups is 1. The summed E-state index contributed by atoms with van der Waals surface area (Å²) in [4.78, 5) is 15.5. The lowest BCUT2D eigenvalue weighted by Gasteiger charge is -2.45. The fourth-order valence-corrected chi connectivity index (χ4v) is 5.83. The van der Waals surface area contributed by atoms with Crippen LogP contribution in [0.3, 0.4) is 0 Å². The van der Waals surface area contributed by atoms with Crippen LogP contribution in [0.25, 0.3) is 11.1 Å². The summed E-state index contributed by atoms with van der Waals surface area (Å²) in [5.74, 6) is -0.0243. The molecule has 5 rings (SSSR count). The van der Waals surface area contributed by atoms with Gasteiger partial charge in [0.2, 0.25) is 5.91 Å². The van der Waals surface area contributed by atoms with E-state index in [-0.39, 0.29) is 18.0 Å². The fraction of sp³-hybridized carbons (Fsp3) is 0.355. The molecule has 2 N–H and O–H groups in total. The smallest absolute Gasteiger partial charge is 0.238 e. The number of carbonyl (C=O) groups excluding carboxylic acids is 1. The van der Waals surface area contributed by atoms with Crippen molar-refractivity contribution < 1.29 is 4.79 Å². The zero-order valence-corrected chi connectivity index (χ0v) is 20.7. The summed E-state index contributed by atoms with van der Waals surface area (Å²) in [5.41, 5.74) is 4.60. The van der Waals surface area contributed by atoms with E-state index in [9.17, 15) is 10.1 Å². The van der Waals surface area contributed by atoms with Crippen LogP contribution in [0.5, 0.6) is 0 Å². The molecule has 0 aromatic heterocycles. The standard InChI is InChI=1S/C31H34N4O/c32-22-24-7-6-8-26(21-24)25-13-15-27(16-14-25)31(17-19-35(20-18-31)29-11-4-5-12-29)33-23-30(36)34-28-9-2-1-3-10-28/h1-3,6-10,13-16,21,29,33H,4-5,11-12,17-20,23H2,(H,34,36). The second kappa shape index (κ2) is 11.1. The molecule has 3 aromatic rings. The summed E-state index contributed by atoms with van der Waals surface area (Å²) >= 11 is 0. The Morgan fingerprint density at radius 2 is 1.64 bits per heavy atom. The zero-order chi connectivity index (χ0) is 24.8. The van der Waals surface area contributed by atoms with E-state index in [1.54, 1.807) is 0 Å². The van der Waals surface area contributed by atoms with Gasteiger partial charge >= 0.3 is 0 Å². The highest BCUT2D eigenvalue weighted by Crippen LogP contribution is 2.37. The number of nitriles is 1. The summed E-state index contributed by atoms with van der Waals surface area (Å²) in [5, 5.41) is 15.9. The molecule has 184 valence electrons. The minimum Gasteiger partial charge on any atom is -0.325 e. The number of nitrogens with zero attached hydrogens (tertiary/aromatic N) is 2. The van der Waals surface area contributed by atoms with Crippen molar-refractivity contribution in [2.24, 2.45) is 0 Å². The Kier molecular flexibility index (Phi) is 7.46. The largest absolute Gasteiger partial charge is 0.325 e. The molecular weight excluding hydrogens is 444 g/mol. The first-order valence-electron chi connectivity index (χ1n) is 13.1. The lowest BCUT2D eigenvalue weighted by Crippen LogP contribution is -2.54. The van der Waals surface area contributed by atoms with E-state index in [1.165, 1.54) is 31.2 Å². The van der Waals surface area contributed by atoms with Crippen LogP contribution in [-0.2, 0) is 10.3 Å². The Hall–Kier alpha value is -3.46. The molecule has 0 radical (unpaired) electrons. The normalized spacial score (nSPS) is 18.0. The summed E-state index contributed by atoms with van der Waals surface area (Å²) in [7, 11) is 0. The molecule has 1 saturated heterocycles. The first-order chi connectivity index (χ1) is 17.6. The summed E-state index contributed by atoms with van der Waals surface area (Å²) in [6.45, 7) is 2.36. The van der Waals surface area contributed by atoms with Gasteiger partial charge in [-0.25, -0.2) is 0 Å². The molecule has 2 aliphatic rings. The molecule has 1 heterocycles. The molecule has 1 saturated carbocycles. The second-order valence-electron chi connectivity index (χ2n) is 10.1. The lowest BCUT2D eigenvalue weighted by molar-refractivity contribution is -0.116. The average Bonchev–Trinajstić information content (AvgIpc) is 3.48. The van der Waals surface area contributed by atoms with Gasteiger partial charge in [-0.3, -0.25) is 10.1 Å². The van der Waals surface area contributed by atoms with Crippen LogP contribution in [0.1, 0.15) is 49.7 Å². The predicted molar refractivity (Wildman–Crippen MR) is 144 cm³/mol. The number of nitrogens with one attached hydrogen (secondary N) is 2. The predicted octanol–water partition coefficient (Wildman–Crippen LogP) is 5.69. The van der Waals surface area contributed by atoms with Gasteiger partial charge in [0, 0.05) is 30.4 Å². The van der Waals surface area contributed by atoms with Crippen molar-refractivity contribution in [3.05, 3.63) is 90.0 Å². The van der Waals surface area contributed by atoms with Crippen molar-refractivity contribution >= 4 is 11.6 Å². The lowest BCUT2D eigenvalue weighted by atomic mass is 9.79. The SMILES string of the molecule is N#Cc1cccc(-c2ccc(C3(NCC(=O)Nc4ccccc4)CCN(C4CCCC4)CC3)cc2)c1. The Bertz CT molecular complexity index is 1200. The Morgan fingerprint density at radius 1 is 0.917 bits per heavy atom. The van der Waals surface area contributed by atoms with E-state index >= 15 is 0 Å². The highest BCUT2D eigenvalue weighted by Gasteiger charge is 2.38. The number of para-hydroxylation sites is 1. The molecule has 0 atom stereocenters. The third kappa shape index (κ3) is 5.51. The van der Waals surface area contributed by atoms with Crippen LogP contribution in [0.15, 0.2) is 78.9 Å². The van der Waals surface area contributed by atoms with Gasteiger partial charge in [-0.05, 0) is 66.6 Å². The molecule has 0 unspecified atom stereocenters. The minimum absolute atomic E-state index is 0.0243. The third-order valence-electron chi connectivity index (χ3n) is 7.90. The van der Waals surface area contributed by atoms with E-state index in [0.717, 1.165) is 48.8 Å². The average molecular weight is 479 g/mol. The molecule has 2 fully saturated rings. The van der Waals surface area contributed by atoms with Gasteiger partial charge in [-0.2, -0.15) is 5.26 Å². The Morgan fingerprint density at radius 3 is 2.33 bits per heavy atom. The molecule has 0 spiro atoms. The van der Waals surface area contributed by atoms with E-state index in [2.05, 4.69) is 45.9 Å². The van der Waals surface area contributed by atoms with Gasteiger partial charge in [0.15, 0.2) is 0 Å². The summed E-state index contributed by atoms with van der Waals surface area (Å²) in [6, 6.07) is 29.0. The van der Waals surface area contributed by atoms with Crippen LogP contribution in [-0.4, -0.2) is 36.5 Å². The van der Waals surface area contributed by atoms with Crippen molar-refractivity contribution in [2.45, 2.75) is 50.1 Å². The van der Waals surface area contributed by atoms with Gasteiger partial charge in [0.25, 0.3) is 0 Å². The molecule has 36 heavy (non-hydrogen) atoms. The van der Waals surface area contributed by atoms with E-state index < -0.39 is 0 Å². The van der Waals surface area contributed by atoms with E-state index in [4.69, 9.17) is 0 Å². The van der Waals surface area contributed by atoms with Gasteiger partial charge in [0.1, 0.15) is 0 Å². The summed E-state index contributed by atoms with van der Waals surface area (Å²) < 4.78 is 0. The fourth-order valence-electron chi connectivity index (χ4n) is 5.83. The highest BCUT2D eigenvalue weighted by atomic mass is 16.1. The van der Waals surface area contributed by atoms with Crippen molar-refractivity contribution in [3.63, 3.8) is 0 Å². The topological polar surface area (TPSA) is 68.2 Å². The summed E-state index contributed by atoms with van der Waals surface area (Å²) in [6.07, 6.45) is 7.28. The first kappa shape index (κ1) is 24.2. The van der Waals surface area contributed by atoms with Crippen molar-refractivity contribution in [1.29, 1.82) is 5.26 Å². The molecule has 1 aliphatic carbocycles. The Labute approximate surface area is 214 Å². The van der Waals surface area contributed by atoms with Crippen LogP contribution < -0.4 is 10.6 Å². The number of benzene rings is 3. The van der Waals surface area contributed by atoms with Crippen LogP contribution >= 0.6 is 0 Å². The number of hydrogen-bond acceptors (Lipinski definition) is 4. The van der Waals surface area contributed by atoms with Crippen LogP contribution in [0.4, 0.5) is 5.69 Å². The number of rotatable bonds is 7. The molecule has 5 nitrogen and oxygen atoms in total. The van der Waals surface area contributed by atoms with E-state index in [1.807, 2.05) is 54.6 Å². The van der Waals surface area contributed by atoms with Gasteiger partial charge < -0.3 is 10.2 Å². The number of anilines is 1. The maximum Gasteiger partial charge on any atom is 0.238 e. The zero-order valence-electron chi connectivity index (χ0n) is 20.7. The number of hydrogen-bond donors (Lipinski definition) is 2. The third-order valence-corrected chi connectivity index (χ3v) is 7.90. The molecule has 0 bridgehead atoms.